The van der Waals surface area contributed by atoms with Crippen molar-refractivity contribution in [3.8, 4) is 0 Å². The van der Waals surface area contributed by atoms with E-state index in [0.717, 1.165) is 31.8 Å². The molecule has 0 aromatic carbocycles. The zero-order valence-corrected chi connectivity index (χ0v) is 5.95. The summed E-state index contributed by atoms with van der Waals surface area (Å²) in [6.45, 7) is 2.79. The van der Waals surface area contributed by atoms with Gasteiger partial charge in [-0.1, -0.05) is 0 Å². The highest BCUT2D eigenvalue weighted by Gasteiger charge is 1.80. The summed E-state index contributed by atoms with van der Waals surface area (Å²) >= 11 is 4.03. The third-order valence-electron chi connectivity index (χ3n) is 0.846. The number of nitrogens with one attached hydrogen (secondary N) is 1. The number of hydrogen-bond donors (Lipinski definition) is 3. The molecule has 3 heteroatoms. The van der Waals surface area contributed by atoms with Gasteiger partial charge in [0.05, 0.1) is 0 Å². The Morgan fingerprint density at radius 2 is 2.12 bits per heavy atom. The molecule has 8 heavy (non-hydrogen) atoms. The van der Waals surface area contributed by atoms with Crippen molar-refractivity contribution in [2.45, 2.75) is 6.42 Å². The Bertz CT molecular complexity index is 35.4. The second kappa shape index (κ2) is 7.27. The van der Waals surface area contributed by atoms with Gasteiger partial charge in [0.25, 0.3) is 0 Å². The van der Waals surface area contributed by atoms with Crippen LogP contribution in [-0.4, -0.2) is 25.4 Å². The molecule has 0 amide bonds. The minimum Gasteiger partial charge on any atom is -0.330 e. The zero-order chi connectivity index (χ0) is 6.24. The van der Waals surface area contributed by atoms with Crippen molar-refractivity contribution >= 4 is 12.6 Å². The molecule has 0 fully saturated rings. The fourth-order valence-electron chi connectivity index (χ4n) is 0.431. The largest absolute Gasteiger partial charge is 0.330 e. The number of nitrogens with two attached hydrogens (primary N) is 1. The summed E-state index contributed by atoms with van der Waals surface area (Å²) in [6, 6.07) is 0. The van der Waals surface area contributed by atoms with E-state index in [1.807, 2.05) is 0 Å². The molecule has 2 nitrogen and oxygen atoms in total. The lowest BCUT2D eigenvalue weighted by Crippen LogP contribution is -2.20. The van der Waals surface area contributed by atoms with Crippen molar-refractivity contribution in [2.24, 2.45) is 5.73 Å². The van der Waals surface area contributed by atoms with Crippen LogP contribution in [-0.2, 0) is 0 Å². The third-order valence-corrected chi connectivity index (χ3v) is 1.07. The quantitative estimate of drug-likeness (QED) is 0.361. The van der Waals surface area contributed by atoms with Gasteiger partial charge < -0.3 is 11.1 Å². The Morgan fingerprint density at radius 3 is 2.62 bits per heavy atom. The average molecular weight is 134 g/mol. The van der Waals surface area contributed by atoms with Gasteiger partial charge in [-0.3, -0.25) is 0 Å². The van der Waals surface area contributed by atoms with E-state index in [1.165, 1.54) is 0 Å². The maximum absolute atomic E-state index is 5.25. The molecule has 0 unspecified atom stereocenters. The van der Waals surface area contributed by atoms with Crippen molar-refractivity contribution in [2.75, 3.05) is 25.4 Å². The second-order valence-electron chi connectivity index (χ2n) is 1.62. The third kappa shape index (κ3) is 6.27. The summed E-state index contributed by atoms with van der Waals surface area (Å²) in [5, 5.41) is 3.18. The zero-order valence-electron chi connectivity index (χ0n) is 5.06. The number of rotatable bonds is 5. The first kappa shape index (κ1) is 8.27. The van der Waals surface area contributed by atoms with Gasteiger partial charge in [-0.25, -0.2) is 0 Å². The molecule has 0 saturated carbocycles. The van der Waals surface area contributed by atoms with Crippen molar-refractivity contribution in [3.63, 3.8) is 0 Å². The molecule has 0 aliphatic carbocycles. The van der Waals surface area contributed by atoms with E-state index in [1.54, 1.807) is 0 Å². The van der Waals surface area contributed by atoms with Gasteiger partial charge in [0.1, 0.15) is 0 Å². The standard InChI is InChI=1S/C5H14N2S/c6-2-1-3-7-4-5-8/h7-8H,1-6H2. The van der Waals surface area contributed by atoms with E-state index in [-0.39, 0.29) is 0 Å². The number of thiol groups is 1. The van der Waals surface area contributed by atoms with Crippen molar-refractivity contribution in [3.05, 3.63) is 0 Å². The van der Waals surface area contributed by atoms with E-state index in [4.69, 9.17) is 5.73 Å². The van der Waals surface area contributed by atoms with Gasteiger partial charge in [0.2, 0.25) is 0 Å². The Labute approximate surface area is 56.2 Å². The lowest BCUT2D eigenvalue weighted by atomic mass is 10.4. The van der Waals surface area contributed by atoms with Crippen LogP contribution < -0.4 is 11.1 Å². The van der Waals surface area contributed by atoms with E-state index in [2.05, 4.69) is 17.9 Å². The van der Waals surface area contributed by atoms with Crippen LogP contribution in [0.5, 0.6) is 0 Å². The first-order chi connectivity index (χ1) is 3.91. The molecule has 0 heterocycles. The summed E-state index contributed by atoms with van der Waals surface area (Å²) in [5.41, 5.74) is 5.25. The van der Waals surface area contributed by atoms with Crippen LogP contribution in [0, 0.1) is 0 Å². The predicted molar refractivity (Wildman–Crippen MR) is 40.4 cm³/mol. The Morgan fingerprint density at radius 1 is 1.38 bits per heavy atom. The molecular formula is C5H14N2S. The predicted octanol–water partition coefficient (Wildman–Crippen LogP) is -0.145. The summed E-state index contributed by atoms with van der Waals surface area (Å²) in [4.78, 5) is 0. The summed E-state index contributed by atoms with van der Waals surface area (Å²) < 4.78 is 0. The highest BCUT2D eigenvalue weighted by Crippen LogP contribution is 1.71. The van der Waals surface area contributed by atoms with Crippen molar-refractivity contribution in [1.82, 2.24) is 5.32 Å². The van der Waals surface area contributed by atoms with Gasteiger partial charge in [-0.05, 0) is 19.5 Å². The molecule has 0 atom stereocenters. The fraction of sp³-hybridized carbons (Fsp3) is 1.00. The molecule has 0 aliphatic rings. The Kier molecular flexibility index (Phi) is 7.52. The maximum Gasteiger partial charge on any atom is 0.00397 e. The molecule has 0 aromatic heterocycles. The normalized spacial score (nSPS) is 9.75. The first-order valence-electron chi connectivity index (χ1n) is 2.93. The highest BCUT2D eigenvalue weighted by atomic mass is 32.1. The molecule has 0 aliphatic heterocycles. The molecule has 0 aromatic rings. The highest BCUT2D eigenvalue weighted by molar-refractivity contribution is 7.80. The van der Waals surface area contributed by atoms with Crippen LogP contribution in [0.2, 0.25) is 0 Å². The smallest absolute Gasteiger partial charge is 0.00397 e. The molecular weight excluding hydrogens is 120 g/mol. The molecule has 3 N–H and O–H groups in total. The first-order valence-corrected chi connectivity index (χ1v) is 3.56. The second-order valence-corrected chi connectivity index (χ2v) is 2.06. The maximum atomic E-state index is 5.25. The minimum absolute atomic E-state index is 0.777. The van der Waals surface area contributed by atoms with Crippen LogP contribution in [0.1, 0.15) is 6.42 Å². The van der Waals surface area contributed by atoms with E-state index < -0.39 is 0 Å². The Balaban J connectivity index is 2.53. The monoisotopic (exact) mass is 134 g/mol. The molecule has 0 spiro atoms. The molecule has 0 radical (unpaired) electrons. The molecule has 0 saturated heterocycles. The fourth-order valence-corrected chi connectivity index (χ4v) is 0.589. The summed E-state index contributed by atoms with van der Waals surface area (Å²) in [5.74, 6) is 0.907. The number of hydrogen-bond acceptors (Lipinski definition) is 3. The van der Waals surface area contributed by atoms with E-state index >= 15 is 0 Å². The van der Waals surface area contributed by atoms with Crippen molar-refractivity contribution < 1.29 is 0 Å². The van der Waals surface area contributed by atoms with E-state index in [0.29, 0.717) is 0 Å². The van der Waals surface area contributed by atoms with Crippen LogP contribution in [0.4, 0.5) is 0 Å². The van der Waals surface area contributed by atoms with Crippen LogP contribution in [0.25, 0.3) is 0 Å². The average Bonchev–Trinajstić information content (AvgIpc) is 1.81. The lowest BCUT2D eigenvalue weighted by molar-refractivity contribution is 0.683. The van der Waals surface area contributed by atoms with Crippen molar-refractivity contribution in [1.29, 1.82) is 0 Å². The SMILES string of the molecule is NCCCNCCS. The Hall–Kier alpha value is 0.270. The van der Waals surface area contributed by atoms with Gasteiger partial charge >= 0.3 is 0 Å². The summed E-state index contributed by atoms with van der Waals surface area (Å²) in [6.07, 6.45) is 1.06. The van der Waals surface area contributed by atoms with Crippen LogP contribution in [0.3, 0.4) is 0 Å². The van der Waals surface area contributed by atoms with Gasteiger partial charge in [0, 0.05) is 12.3 Å². The summed E-state index contributed by atoms with van der Waals surface area (Å²) in [7, 11) is 0. The van der Waals surface area contributed by atoms with Crippen LogP contribution in [0.15, 0.2) is 0 Å². The molecule has 0 bridgehead atoms. The molecule has 50 valence electrons. The van der Waals surface area contributed by atoms with Gasteiger partial charge in [0.15, 0.2) is 0 Å². The molecule has 0 rings (SSSR count). The lowest BCUT2D eigenvalue weighted by Gasteiger charge is -1.97. The van der Waals surface area contributed by atoms with Crippen LogP contribution >= 0.6 is 12.6 Å². The van der Waals surface area contributed by atoms with E-state index in [9.17, 15) is 0 Å². The topological polar surface area (TPSA) is 38.0 Å². The van der Waals surface area contributed by atoms with Gasteiger partial charge in [-0.2, -0.15) is 12.6 Å². The minimum atomic E-state index is 0.777. The van der Waals surface area contributed by atoms with Gasteiger partial charge in [-0.15, -0.1) is 0 Å².